The maximum Gasteiger partial charge on any atom is 0.470 e. The lowest BCUT2D eigenvalue weighted by molar-refractivity contribution is -0.289. The van der Waals surface area contributed by atoms with Gasteiger partial charge in [-0.2, -0.15) is 13.2 Å². The van der Waals surface area contributed by atoms with E-state index in [2.05, 4.69) is 9.47 Å². The molecule has 1 unspecified atom stereocenters. The van der Waals surface area contributed by atoms with Crippen LogP contribution in [-0.4, -0.2) is 46.6 Å². The van der Waals surface area contributed by atoms with Crippen LogP contribution in [0.15, 0.2) is 48.5 Å². The van der Waals surface area contributed by atoms with Gasteiger partial charge in [0.05, 0.1) is 22.3 Å². The van der Waals surface area contributed by atoms with Crippen LogP contribution in [-0.2, 0) is 9.47 Å². The summed E-state index contributed by atoms with van der Waals surface area (Å²) in [4.78, 5) is 44.8. The minimum atomic E-state index is -4.85. The van der Waals surface area contributed by atoms with Crippen molar-refractivity contribution in [1.82, 2.24) is 0 Å². The molecule has 0 fully saturated rings. The Morgan fingerprint density at radius 3 is 1.45 bits per heavy atom. The number of alkyl halides is 3. The quantitative estimate of drug-likeness (QED) is 0.665. The van der Waals surface area contributed by atoms with Crippen molar-refractivity contribution >= 4 is 23.9 Å². The van der Waals surface area contributed by atoms with Gasteiger partial charge in [0.25, 0.3) is 0 Å². The summed E-state index contributed by atoms with van der Waals surface area (Å²) in [6, 6.07) is 7.46. The van der Waals surface area contributed by atoms with Crippen molar-refractivity contribution in [2.24, 2.45) is 0 Å². The lowest BCUT2D eigenvalue weighted by atomic mass is 10.1. The fourth-order valence-electron chi connectivity index (χ4n) is 1.96. The zero-order valence-corrected chi connectivity index (χ0v) is 14.2. The Labute approximate surface area is 160 Å². The number of hydrogen-bond donors (Lipinski definition) is 2. The van der Waals surface area contributed by atoms with Gasteiger partial charge in [-0.25, -0.2) is 19.2 Å². The first-order valence-corrected chi connectivity index (χ1v) is 7.64. The molecule has 0 aliphatic rings. The topological polar surface area (TPSA) is 127 Å². The van der Waals surface area contributed by atoms with Crippen LogP contribution >= 0.6 is 0 Å². The highest BCUT2D eigenvalue weighted by Gasteiger charge is 2.48. The number of rotatable bonds is 7. The molecule has 2 N–H and O–H groups in total. The molecule has 0 aliphatic heterocycles. The summed E-state index contributed by atoms with van der Waals surface area (Å²) in [5.74, 6) is -5.85. The van der Waals surface area contributed by atoms with E-state index in [-0.39, 0.29) is 11.1 Å². The number of aromatic carboxylic acids is 2. The van der Waals surface area contributed by atoms with Gasteiger partial charge >= 0.3 is 36.3 Å². The van der Waals surface area contributed by atoms with Crippen LogP contribution in [0.3, 0.4) is 0 Å². The normalized spacial score (nSPS) is 12.0. The molecule has 0 saturated carbocycles. The molecule has 11 heteroatoms. The summed E-state index contributed by atoms with van der Waals surface area (Å²) in [6.07, 6.45) is -8.50. The summed E-state index contributed by atoms with van der Waals surface area (Å²) < 4.78 is 48.9. The molecule has 2 aromatic rings. The van der Waals surface area contributed by atoms with Crippen LogP contribution < -0.4 is 0 Å². The number of carbonyl (C=O) groups excluding carboxylic acids is 2. The fraction of sp³-hybridized carbons (Fsp3) is 0.111. The molecule has 2 rings (SSSR count). The number of halogens is 3. The molecule has 0 heterocycles. The second-order valence-corrected chi connectivity index (χ2v) is 5.44. The number of carbonyl (C=O) groups is 4. The summed E-state index contributed by atoms with van der Waals surface area (Å²) in [7, 11) is 0. The van der Waals surface area contributed by atoms with Crippen molar-refractivity contribution in [3.8, 4) is 0 Å². The molecule has 0 spiro atoms. The largest absolute Gasteiger partial charge is 0.478 e. The zero-order valence-electron chi connectivity index (χ0n) is 14.2. The first-order valence-electron chi connectivity index (χ1n) is 7.64. The molecular weight excluding hydrogens is 401 g/mol. The van der Waals surface area contributed by atoms with E-state index in [9.17, 15) is 32.3 Å². The molecule has 152 valence electrons. The smallest absolute Gasteiger partial charge is 0.470 e. The first kappa shape index (κ1) is 21.4. The van der Waals surface area contributed by atoms with Gasteiger partial charge in [-0.1, -0.05) is 0 Å². The van der Waals surface area contributed by atoms with Gasteiger partial charge in [-0.05, 0) is 48.5 Å². The predicted molar refractivity (Wildman–Crippen MR) is 87.5 cm³/mol. The third-order valence-corrected chi connectivity index (χ3v) is 3.44. The van der Waals surface area contributed by atoms with Crippen molar-refractivity contribution in [2.75, 3.05) is 0 Å². The SMILES string of the molecule is O=C(O)c1ccc(C(=O)OC(F)C(F)(F)OC(=O)c2ccc(C(=O)O)cc2)cc1. The van der Waals surface area contributed by atoms with E-state index in [0.717, 1.165) is 48.5 Å². The van der Waals surface area contributed by atoms with E-state index in [1.807, 2.05) is 0 Å². The Kier molecular flexibility index (Phi) is 6.22. The molecule has 0 aromatic heterocycles. The van der Waals surface area contributed by atoms with Crippen LogP contribution in [0.25, 0.3) is 0 Å². The lowest BCUT2D eigenvalue weighted by Crippen LogP contribution is -2.38. The molecule has 1 atom stereocenters. The van der Waals surface area contributed by atoms with Crippen molar-refractivity contribution in [2.45, 2.75) is 12.5 Å². The Hall–Kier alpha value is -3.89. The Morgan fingerprint density at radius 1 is 0.724 bits per heavy atom. The molecular formula is C18H11F3O8. The van der Waals surface area contributed by atoms with Crippen LogP contribution in [0, 0.1) is 0 Å². The zero-order chi connectivity index (χ0) is 21.8. The van der Waals surface area contributed by atoms with Gasteiger partial charge in [-0.15, -0.1) is 0 Å². The number of benzene rings is 2. The predicted octanol–water partition coefficient (Wildman–Crippen LogP) is 2.99. The Balaban J connectivity index is 2.03. The summed E-state index contributed by atoms with van der Waals surface area (Å²) in [6.45, 7) is 0. The average molecular weight is 412 g/mol. The molecule has 8 nitrogen and oxygen atoms in total. The minimum Gasteiger partial charge on any atom is -0.478 e. The number of esters is 2. The van der Waals surface area contributed by atoms with Crippen LogP contribution in [0.4, 0.5) is 13.2 Å². The third kappa shape index (κ3) is 5.31. The second-order valence-electron chi connectivity index (χ2n) is 5.44. The average Bonchev–Trinajstić information content (AvgIpc) is 2.67. The van der Waals surface area contributed by atoms with Gasteiger partial charge in [0.2, 0.25) is 0 Å². The Morgan fingerprint density at radius 2 is 1.07 bits per heavy atom. The highest BCUT2D eigenvalue weighted by Crippen LogP contribution is 2.26. The molecule has 2 aromatic carbocycles. The standard InChI is InChI=1S/C18H11F3O8/c19-17(28-15(26)11-5-1-9(2-6-11)13(22)23)18(20,21)29-16(27)12-7-3-10(4-8-12)14(24)25/h1-8,17H,(H,22,23)(H,24,25). The highest BCUT2D eigenvalue weighted by molar-refractivity contribution is 5.93. The van der Waals surface area contributed by atoms with Crippen LogP contribution in [0.1, 0.15) is 41.4 Å². The minimum absolute atomic E-state index is 0.202. The summed E-state index contributed by atoms with van der Waals surface area (Å²) >= 11 is 0. The van der Waals surface area contributed by atoms with E-state index < -0.39 is 47.5 Å². The number of carboxylic acids is 2. The maximum absolute atomic E-state index is 13.7. The van der Waals surface area contributed by atoms with Gasteiger partial charge < -0.3 is 19.7 Å². The molecule has 29 heavy (non-hydrogen) atoms. The molecule has 0 radical (unpaired) electrons. The fourth-order valence-corrected chi connectivity index (χ4v) is 1.96. The van der Waals surface area contributed by atoms with E-state index in [1.54, 1.807) is 0 Å². The lowest BCUT2D eigenvalue weighted by Gasteiger charge is -2.20. The monoisotopic (exact) mass is 412 g/mol. The first-order chi connectivity index (χ1) is 13.5. The Bertz CT molecular complexity index is 939. The van der Waals surface area contributed by atoms with Crippen LogP contribution in [0.2, 0.25) is 0 Å². The van der Waals surface area contributed by atoms with E-state index in [4.69, 9.17) is 10.2 Å². The number of carboxylic acid groups (broad SMARTS) is 2. The second kappa shape index (κ2) is 8.42. The van der Waals surface area contributed by atoms with E-state index in [0.29, 0.717) is 0 Å². The molecule has 0 saturated heterocycles. The van der Waals surface area contributed by atoms with Crippen LogP contribution in [0.5, 0.6) is 0 Å². The van der Waals surface area contributed by atoms with E-state index >= 15 is 0 Å². The number of ether oxygens (including phenoxy) is 2. The summed E-state index contributed by atoms with van der Waals surface area (Å²) in [5, 5.41) is 17.5. The highest BCUT2D eigenvalue weighted by atomic mass is 19.3. The van der Waals surface area contributed by atoms with Crippen molar-refractivity contribution in [1.29, 1.82) is 0 Å². The van der Waals surface area contributed by atoms with Crippen molar-refractivity contribution in [3.05, 3.63) is 70.8 Å². The maximum atomic E-state index is 13.7. The number of hydrogen-bond acceptors (Lipinski definition) is 6. The molecule has 0 amide bonds. The third-order valence-electron chi connectivity index (χ3n) is 3.44. The molecule has 0 bridgehead atoms. The van der Waals surface area contributed by atoms with Gasteiger partial charge in [0.1, 0.15) is 0 Å². The van der Waals surface area contributed by atoms with Gasteiger partial charge in [0, 0.05) is 0 Å². The summed E-state index contributed by atoms with van der Waals surface area (Å²) in [5.41, 5.74) is -1.33. The van der Waals surface area contributed by atoms with Gasteiger partial charge in [-0.3, -0.25) is 0 Å². The van der Waals surface area contributed by atoms with Crippen molar-refractivity contribution in [3.63, 3.8) is 0 Å². The van der Waals surface area contributed by atoms with Crippen molar-refractivity contribution < 1.29 is 52.0 Å². The van der Waals surface area contributed by atoms with E-state index in [1.165, 1.54) is 0 Å². The molecule has 0 aliphatic carbocycles. The van der Waals surface area contributed by atoms with Gasteiger partial charge in [0.15, 0.2) is 0 Å².